The average molecular weight is 668 g/mol. The topological polar surface area (TPSA) is 85.6 Å². The maximum atomic E-state index is 12.4. The first kappa shape index (κ1) is 35.1. The van der Waals surface area contributed by atoms with Gasteiger partial charge < -0.3 is 35.9 Å². The monoisotopic (exact) mass is 666 g/mol. The predicted octanol–water partition coefficient (Wildman–Crippen LogP) is 5.89. The van der Waals surface area contributed by atoms with Gasteiger partial charge in [0.1, 0.15) is 0 Å². The predicted molar refractivity (Wildman–Crippen MR) is 172 cm³/mol. The third-order valence-corrected chi connectivity index (χ3v) is 7.68. The zero-order valence-corrected chi connectivity index (χ0v) is 27.6. The molecule has 0 radical (unpaired) electrons. The molecule has 8 heteroatoms. The first-order chi connectivity index (χ1) is 21.1. The number of aromatic nitrogens is 1. The minimum atomic E-state index is -0.427. The number of allylic oxidation sites excluding steroid dienone is 2. The minimum Gasteiger partial charge on any atom is -1.00 e. The highest BCUT2D eigenvalue weighted by molar-refractivity contribution is 5.99. The Labute approximate surface area is 271 Å². The number of carbonyl (C=O) groups is 1. The van der Waals surface area contributed by atoms with Crippen LogP contribution in [0.3, 0.4) is 0 Å². The fraction of sp³-hybridized carbons (Fsp3) is 0.472. The van der Waals surface area contributed by atoms with Gasteiger partial charge in [0.25, 0.3) is 0 Å². The first-order valence-electron chi connectivity index (χ1n) is 16.1. The summed E-state index contributed by atoms with van der Waals surface area (Å²) in [7, 11) is 0. The van der Waals surface area contributed by atoms with E-state index in [0.717, 1.165) is 42.3 Å². The van der Waals surface area contributed by atoms with Crippen molar-refractivity contribution in [2.45, 2.75) is 103 Å². The number of fused-ring (bicyclic) bond motifs is 2. The zero-order chi connectivity index (χ0) is 30.1. The van der Waals surface area contributed by atoms with Crippen LogP contribution in [0.5, 0.6) is 5.75 Å². The second-order valence-corrected chi connectivity index (χ2v) is 11.3. The van der Waals surface area contributed by atoms with Crippen molar-refractivity contribution in [3.63, 3.8) is 0 Å². The number of pyridine rings is 1. The van der Waals surface area contributed by atoms with Gasteiger partial charge >= 0.3 is 5.63 Å². The number of aryl methyl sites for hydroxylation is 1. The molecule has 0 aliphatic heterocycles. The van der Waals surface area contributed by atoms with Crippen LogP contribution in [0.2, 0.25) is 0 Å². The summed E-state index contributed by atoms with van der Waals surface area (Å²) in [5.41, 5.74) is 1.35. The molecule has 238 valence electrons. The Morgan fingerprint density at radius 2 is 1.52 bits per heavy atom. The van der Waals surface area contributed by atoms with E-state index in [1.807, 2.05) is 41.2 Å². The molecule has 1 aromatic carbocycles. The number of carbonyl (C=O) groups excluding carboxylic acids is 1. The summed E-state index contributed by atoms with van der Waals surface area (Å²) in [4.78, 5) is 24.2. The normalized spacial score (nSPS) is 11.3. The Balaban J connectivity index is 0.00000529. The molecule has 7 nitrogen and oxygen atoms in total. The fourth-order valence-corrected chi connectivity index (χ4v) is 5.25. The zero-order valence-electron chi connectivity index (χ0n) is 26.0. The highest BCUT2D eigenvalue weighted by atomic mass is 79.9. The lowest BCUT2D eigenvalue weighted by molar-refractivity contribution is -0.697. The number of furan rings is 1. The Hall–Kier alpha value is -3.39. The van der Waals surface area contributed by atoms with Gasteiger partial charge in [-0.15, -0.1) is 0 Å². The quantitative estimate of drug-likeness (QED) is 0.0551. The second kappa shape index (κ2) is 19.8. The smallest absolute Gasteiger partial charge is 0.336 e. The lowest BCUT2D eigenvalue weighted by Gasteiger charge is -2.08. The summed E-state index contributed by atoms with van der Waals surface area (Å²) in [6.45, 7) is 3.42. The molecular weight excluding hydrogens is 620 g/mol. The molecule has 0 spiro atoms. The summed E-state index contributed by atoms with van der Waals surface area (Å²) in [5.74, 6) is 0.521. The van der Waals surface area contributed by atoms with Gasteiger partial charge in [-0.1, -0.05) is 64.0 Å². The Kier molecular flexibility index (Phi) is 15.8. The SMILES string of the molecule is CCCCCCC/C=C\CCCCCCCC(=O)Nc1cc[n+](CCCOc2c3occc3cc3ccc(=O)oc23)cc1.[Br-]. The van der Waals surface area contributed by atoms with E-state index in [0.29, 0.717) is 29.9 Å². The van der Waals surface area contributed by atoms with Crippen molar-refractivity contribution in [1.82, 2.24) is 0 Å². The van der Waals surface area contributed by atoms with E-state index < -0.39 is 5.63 Å². The molecule has 3 heterocycles. The van der Waals surface area contributed by atoms with Crippen LogP contribution in [0.1, 0.15) is 96.8 Å². The number of nitrogens with one attached hydrogen (secondary N) is 1. The van der Waals surface area contributed by atoms with Crippen molar-refractivity contribution >= 4 is 33.5 Å². The molecular formula is C36H47BrN2O5. The highest BCUT2D eigenvalue weighted by Crippen LogP contribution is 2.35. The number of unbranched alkanes of at least 4 members (excludes halogenated alkanes) is 10. The lowest BCUT2D eigenvalue weighted by Crippen LogP contribution is -3.00. The molecule has 0 saturated carbocycles. The summed E-state index contributed by atoms with van der Waals surface area (Å²) >= 11 is 0. The Morgan fingerprint density at radius 1 is 0.841 bits per heavy atom. The van der Waals surface area contributed by atoms with Crippen LogP contribution >= 0.6 is 0 Å². The standard InChI is InChI=1S/C36H46N2O5.BrH/c1-2-3-4-5-6-7-8-9-10-11-12-13-14-15-17-32(39)37-31-20-24-38(25-21-31)23-16-26-41-36-34-30(22-27-42-34)28-29-18-19-33(40)43-35(29)36;/h8-9,18-22,24-25,27-28H,2-7,10-17,23,26H2,1H3;1H/b9-8-;. The largest absolute Gasteiger partial charge is 1.00 e. The van der Waals surface area contributed by atoms with Crippen molar-refractivity contribution in [3.05, 3.63) is 77.6 Å². The number of hydrogen-bond acceptors (Lipinski definition) is 5. The third-order valence-electron chi connectivity index (χ3n) is 7.68. The second-order valence-electron chi connectivity index (χ2n) is 11.3. The van der Waals surface area contributed by atoms with Gasteiger partial charge in [0, 0.05) is 41.8 Å². The average Bonchev–Trinajstić information content (AvgIpc) is 3.48. The number of rotatable bonds is 20. The van der Waals surface area contributed by atoms with Gasteiger partial charge in [0.05, 0.1) is 18.6 Å². The Morgan fingerprint density at radius 3 is 2.27 bits per heavy atom. The van der Waals surface area contributed by atoms with Gasteiger partial charge in [0.15, 0.2) is 30.1 Å². The molecule has 0 atom stereocenters. The molecule has 1 N–H and O–H groups in total. The molecule has 1 amide bonds. The van der Waals surface area contributed by atoms with Crippen LogP contribution in [0.4, 0.5) is 5.69 Å². The molecule has 4 aromatic rings. The maximum Gasteiger partial charge on any atom is 0.336 e. The number of ether oxygens (including phenoxy) is 1. The number of amides is 1. The van der Waals surface area contributed by atoms with E-state index in [4.69, 9.17) is 13.6 Å². The number of benzene rings is 1. The van der Waals surface area contributed by atoms with Gasteiger partial charge in [-0.2, -0.15) is 0 Å². The molecule has 4 rings (SSSR count). The molecule has 0 saturated heterocycles. The van der Waals surface area contributed by atoms with Gasteiger partial charge in [0.2, 0.25) is 11.7 Å². The molecule has 44 heavy (non-hydrogen) atoms. The van der Waals surface area contributed by atoms with Crippen molar-refractivity contribution in [2.75, 3.05) is 11.9 Å². The summed E-state index contributed by atoms with van der Waals surface area (Å²) < 4.78 is 19.1. The van der Waals surface area contributed by atoms with E-state index in [-0.39, 0.29) is 22.9 Å². The molecule has 3 aromatic heterocycles. The molecule has 0 unspecified atom stereocenters. The molecule has 0 bridgehead atoms. The van der Waals surface area contributed by atoms with Crippen LogP contribution in [-0.2, 0) is 11.3 Å². The van der Waals surface area contributed by atoms with E-state index in [9.17, 15) is 9.59 Å². The van der Waals surface area contributed by atoms with Crippen molar-refractivity contribution in [2.24, 2.45) is 0 Å². The summed E-state index contributed by atoms with van der Waals surface area (Å²) in [6.07, 6.45) is 26.3. The van der Waals surface area contributed by atoms with E-state index in [2.05, 4.69) is 24.4 Å². The van der Waals surface area contributed by atoms with E-state index >= 15 is 0 Å². The Bertz CT molecular complexity index is 1490. The number of halogens is 1. The number of anilines is 1. The maximum absolute atomic E-state index is 12.4. The molecule has 0 aliphatic carbocycles. The number of nitrogens with zero attached hydrogens (tertiary/aromatic N) is 1. The van der Waals surface area contributed by atoms with Crippen LogP contribution < -0.4 is 37.2 Å². The van der Waals surface area contributed by atoms with Crippen LogP contribution in [0.25, 0.3) is 21.9 Å². The van der Waals surface area contributed by atoms with Crippen LogP contribution in [-0.4, -0.2) is 12.5 Å². The minimum absolute atomic E-state index is 0. The molecule has 0 aliphatic rings. The van der Waals surface area contributed by atoms with Crippen LogP contribution in [0, 0.1) is 0 Å². The fourth-order valence-electron chi connectivity index (χ4n) is 5.25. The van der Waals surface area contributed by atoms with Gasteiger partial charge in [-0.3, -0.25) is 4.79 Å². The molecule has 0 fully saturated rings. The lowest BCUT2D eigenvalue weighted by atomic mass is 10.1. The van der Waals surface area contributed by atoms with E-state index in [1.54, 1.807) is 12.3 Å². The van der Waals surface area contributed by atoms with Crippen LogP contribution in [0.15, 0.2) is 80.8 Å². The third kappa shape index (κ3) is 11.6. The highest BCUT2D eigenvalue weighted by Gasteiger charge is 2.15. The van der Waals surface area contributed by atoms with E-state index in [1.165, 1.54) is 70.3 Å². The summed E-state index contributed by atoms with van der Waals surface area (Å²) in [5, 5.41) is 4.69. The number of hydrogen-bond donors (Lipinski definition) is 1. The summed E-state index contributed by atoms with van der Waals surface area (Å²) in [6, 6.07) is 10.7. The van der Waals surface area contributed by atoms with Gasteiger partial charge in [-0.05, 0) is 50.3 Å². The van der Waals surface area contributed by atoms with Crippen molar-refractivity contribution in [1.29, 1.82) is 0 Å². The van der Waals surface area contributed by atoms with Gasteiger partial charge in [-0.25, -0.2) is 9.36 Å². The first-order valence-corrected chi connectivity index (χ1v) is 16.1. The van der Waals surface area contributed by atoms with Crippen molar-refractivity contribution < 1.29 is 39.9 Å². The van der Waals surface area contributed by atoms with Crippen molar-refractivity contribution in [3.8, 4) is 5.75 Å².